The molecular weight excluding hydrogens is 485 g/mol. The van der Waals surface area contributed by atoms with Gasteiger partial charge in [0.2, 0.25) is 5.52 Å². The van der Waals surface area contributed by atoms with Crippen LogP contribution >= 0.6 is 22.7 Å². The third-order valence-electron chi connectivity index (χ3n) is 4.23. The Balaban J connectivity index is 0.00000210. The summed E-state index contributed by atoms with van der Waals surface area (Å²) in [5.74, 6) is 0.891. The monoisotopic (exact) mass is 505 g/mol. The van der Waals surface area contributed by atoms with Crippen molar-refractivity contribution < 1.29 is 28.5 Å². The number of hydrogen-bond donors (Lipinski definition) is 1. The van der Waals surface area contributed by atoms with Gasteiger partial charge < -0.3 is 29.3 Å². The second kappa shape index (κ2) is 8.95. The van der Waals surface area contributed by atoms with E-state index in [0.29, 0.717) is 0 Å². The number of thiophene rings is 1. The van der Waals surface area contributed by atoms with Crippen molar-refractivity contribution in [3.63, 3.8) is 0 Å². The third kappa shape index (κ3) is 4.23. The summed E-state index contributed by atoms with van der Waals surface area (Å²) in [5, 5.41) is 4.37. The van der Waals surface area contributed by atoms with Gasteiger partial charge in [0.05, 0.1) is 10.6 Å². The number of para-hydroxylation sites is 1. The maximum absolute atomic E-state index is 4.62. The molecule has 1 N–H and O–H groups in total. The number of nitrogens with zero attached hydrogens (tertiary/aromatic N) is 2. The van der Waals surface area contributed by atoms with Crippen LogP contribution in [-0.4, -0.2) is 12.0 Å². The first-order valence-corrected chi connectivity index (χ1v) is 10.3. The summed E-state index contributed by atoms with van der Waals surface area (Å²) in [5.41, 5.74) is 2.31. The Hall–Kier alpha value is -1.77. The van der Waals surface area contributed by atoms with Crippen LogP contribution < -0.4 is 33.9 Å². The minimum absolute atomic E-state index is 0. The van der Waals surface area contributed by atoms with E-state index in [-0.39, 0.29) is 24.0 Å². The van der Waals surface area contributed by atoms with E-state index in [1.54, 1.807) is 11.3 Å². The fourth-order valence-electron chi connectivity index (χ4n) is 2.95. The Morgan fingerprint density at radius 2 is 1.85 bits per heavy atom. The fraction of sp³-hybridized carbons (Fsp3) is 0.143. The number of pyridine rings is 1. The van der Waals surface area contributed by atoms with Crippen LogP contribution in [0, 0.1) is 0 Å². The molecule has 0 unspecified atom stereocenters. The summed E-state index contributed by atoms with van der Waals surface area (Å²) in [6.45, 7) is 3.17. The Labute approximate surface area is 184 Å². The number of thiazole rings is 1. The number of anilines is 1. The van der Waals surface area contributed by atoms with Gasteiger partial charge in [0.25, 0.3) is 5.01 Å². The zero-order valence-electron chi connectivity index (χ0n) is 15.1. The zero-order valence-corrected chi connectivity index (χ0v) is 18.9. The molecule has 0 saturated heterocycles. The van der Waals surface area contributed by atoms with Crippen molar-refractivity contribution in [2.24, 2.45) is 0 Å². The summed E-state index contributed by atoms with van der Waals surface area (Å²) in [4.78, 5) is 7.04. The SMILES string of the molecule is CC[n+]1c(/C=C/c2ccc(-c3cccc(NC)n3)s2)sc2ccccc21.[I-]. The molecule has 4 aromatic rings. The van der Waals surface area contributed by atoms with Crippen molar-refractivity contribution in [1.29, 1.82) is 0 Å². The van der Waals surface area contributed by atoms with E-state index in [0.717, 1.165) is 18.1 Å². The van der Waals surface area contributed by atoms with E-state index < -0.39 is 0 Å². The number of rotatable bonds is 5. The van der Waals surface area contributed by atoms with E-state index in [4.69, 9.17) is 0 Å². The summed E-state index contributed by atoms with van der Waals surface area (Å²) in [7, 11) is 1.89. The molecule has 0 amide bonds. The van der Waals surface area contributed by atoms with Gasteiger partial charge in [0.1, 0.15) is 17.1 Å². The summed E-state index contributed by atoms with van der Waals surface area (Å²) in [6.07, 6.45) is 4.42. The van der Waals surface area contributed by atoms with Crippen molar-refractivity contribution in [2.75, 3.05) is 12.4 Å². The minimum Gasteiger partial charge on any atom is -1.00 e. The number of benzene rings is 1. The highest BCUT2D eigenvalue weighted by Gasteiger charge is 2.16. The average molecular weight is 505 g/mol. The van der Waals surface area contributed by atoms with Gasteiger partial charge in [-0.2, -0.15) is 4.57 Å². The second-order valence-corrected chi connectivity index (χ2v) is 8.02. The number of aryl methyl sites for hydroxylation is 1. The predicted molar refractivity (Wildman–Crippen MR) is 114 cm³/mol. The number of hydrogen-bond acceptors (Lipinski definition) is 4. The molecule has 0 atom stereocenters. The van der Waals surface area contributed by atoms with Crippen molar-refractivity contribution in [1.82, 2.24) is 4.98 Å². The van der Waals surface area contributed by atoms with E-state index in [2.05, 4.69) is 76.4 Å². The lowest BCUT2D eigenvalue weighted by atomic mass is 10.3. The van der Waals surface area contributed by atoms with Crippen LogP contribution in [0.5, 0.6) is 0 Å². The first-order valence-electron chi connectivity index (χ1n) is 8.63. The average Bonchev–Trinajstić information content (AvgIpc) is 3.30. The molecule has 4 rings (SSSR count). The van der Waals surface area contributed by atoms with Crippen LogP contribution in [0.15, 0.2) is 54.6 Å². The van der Waals surface area contributed by atoms with Crippen LogP contribution in [0.3, 0.4) is 0 Å². The minimum atomic E-state index is 0. The maximum atomic E-state index is 4.62. The van der Waals surface area contributed by atoms with Crippen molar-refractivity contribution in [2.45, 2.75) is 13.5 Å². The summed E-state index contributed by atoms with van der Waals surface area (Å²) in [6, 6.07) is 18.9. The lowest BCUT2D eigenvalue weighted by Crippen LogP contribution is -3.00. The predicted octanol–water partition coefficient (Wildman–Crippen LogP) is 2.55. The Bertz CT molecular complexity index is 1080. The highest BCUT2D eigenvalue weighted by atomic mass is 127. The molecule has 3 nitrogen and oxygen atoms in total. The first-order chi connectivity index (χ1) is 12.8. The van der Waals surface area contributed by atoms with Gasteiger partial charge in [-0.05, 0) is 43.3 Å². The highest BCUT2D eigenvalue weighted by Crippen LogP contribution is 2.29. The molecule has 27 heavy (non-hydrogen) atoms. The molecule has 3 aromatic heterocycles. The number of nitrogens with one attached hydrogen (secondary N) is 1. The molecule has 0 aliphatic heterocycles. The molecule has 0 radical (unpaired) electrons. The van der Waals surface area contributed by atoms with Crippen LogP contribution in [0.4, 0.5) is 5.82 Å². The van der Waals surface area contributed by atoms with Crippen LogP contribution in [0.2, 0.25) is 0 Å². The standard InChI is InChI=1S/C21H20N3S2.HI/c1-3-24-17-8-4-5-9-19(17)26-21(24)14-12-15-11-13-18(25-15)16-7-6-10-20(22-2)23-16;/h4-14H,3H2,1-2H3,(H,22,23);1H/q+1;/p-1/b14-12+;. The van der Waals surface area contributed by atoms with Crippen LogP contribution in [-0.2, 0) is 6.54 Å². The number of aromatic nitrogens is 2. The molecule has 0 saturated carbocycles. The lowest BCUT2D eigenvalue weighted by Gasteiger charge is -2.00. The van der Waals surface area contributed by atoms with Gasteiger partial charge in [-0.3, -0.25) is 0 Å². The molecule has 0 bridgehead atoms. The van der Waals surface area contributed by atoms with Gasteiger partial charge in [-0.15, -0.1) is 11.3 Å². The number of fused-ring (bicyclic) bond motifs is 1. The molecule has 0 spiro atoms. The normalized spacial score (nSPS) is 11.0. The molecule has 6 heteroatoms. The largest absolute Gasteiger partial charge is 1.00 e. The summed E-state index contributed by atoms with van der Waals surface area (Å²) >= 11 is 3.60. The fourth-order valence-corrected chi connectivity index (χ4v) is 4.96. The van der Waals surface area contributed by atoms with Crippen LogP contribution in [0.25, 0.3) is 32.9 Å². The van der Waals surface area contributed by atoms with Gasteiger partial charge in [0, 0.05) is 24.1 Å². The lowest BCUT2D eigenvalue weighted by molar-refractivity contribution is -0.665. The molecule has 3 heterocycles. The van der Waals surface area contributed by atoms with Gasteiger partial charge in [-0.1, -0.05) is 29.5 Å². The van der Waals surface area contributed by atoms with Crippen LogP contribution in [0.1, 0.15) is 16.8 Å². The van der Waals surface area contributed by atoms with E-state index >= 15 is 0 Å². The first kappa shape index (κ1) is 20.0. The molecule has 0 aliphatic carbocycles. The van der Waals surface area contributed by atoms with Gasteiger partial charge >= 0.3 is 0 Å². The van der Waals surface area contributed by atoms with Crippen molar-refractivity contribution in [3.05, 3.63) is 64.5 Å². The van der Waals surface area contributed by atoms with E-state index in [1.165, 1.54) is 25.0 Å². The molecular formula is C21H20IN3S2. The maximum Gasteiger partial charge on any atom is 0.262 e. The van der Waals surface area contributed by atoms with E-state index in [9.17, 15) is 0 Å². The smallest absolute Gasteiger partial charge is 0.262 e. The van der Waals surface area contributed by atoms with Gasteiger partial charge in [0.15, 0.2) is 0 Å². The van der Waals surface area contributed by atoms with Crippen molar-refractivity contribution >= 4 is 50.9 Å². The molecule has 138 valence electrons. The Kier molecular flexibility index (Phi) is 6.62. The highest BCUT2D eigenvalue weighted by molar-refractivity contribution is 7.19. The Morgan fingerprint density at radius 3 is 2.67 bits per heavy atom. The molecule has 0 fully saturated rings. The van der Waals surface area contributed by atoms with Gasteiger partial charge in [-0.25, -0.2) is 4.98 Å². The molecule has 0 aliphatic rings. The second-order valence-electron chi connectivity index (χ2n) is 5.85. The molecule has 1 aromatic carbocycles. The van der Waals surface area contributed by atoms with Crippen molar-refractivity contribution in [3.8, 4) is 10.6 Å². The third-order valence-corrected chi connectivity index (χ3v) is 6.43. The van der Waals surface area contributed by atoms with E-state index in [1.807, 2.05) is 30.5 Å². The summed E-state index contributed by atoms with van der Waals surface area (Å²) < 4.78 is 3.69. The Morgan fingerprint density at radius 1 is 1.00 bits per heavy atom. The number of halogens is 1. The topological polar surface area (TPSA) is 28.8 Å². The zero-order chi connectivity index (χ0) is 17.9. The quantitative estimate of drug-likeness (QED) is 0.334.